The first kappa shape index (κ1) is 7.61. The largest absolute Gasteiger partial charge is 0.349 e. The van der Waals surface area contributed by atoms with E-state index in [0.29, 0.717) is 5.92 Å². The van der Waals surface area contributed by atoms with Crippen LogP contribution in [-0.4, -0.2) is 12.9 Å². The number of halogens is 1. The van der Waals surface area contributed by atoms with Crippen LogP contribution in [0.1, 0.15) is 13.3 Å². The van der Waals surface area contributed by atoms with E-state index in [2.05, 4.69) is 17.2 Å². The number of allylic oxidation sites excluding steroid dienone is 1. The summed E-state index contributed by atoms with van der Waals surface area (Å²) in [6, 6.07) is 0. The first-order chi connectivity index (χ1) is 4.74. The first-order valence-electron chi connectivity index (χ1n) is 3.31. The number of rotatable bonds is 0. The van der Waals surface area contributed by atoms with Gasteiger partial charge in [0.2, 0.25) is 0 Å². The van der Waals surface area contributed by atoms with Crippen molar-refractivity contribution in [3.05, 3.63) is 11.2 Å². The zero-order valence-corrected chi connectivity index (χ0v) is 6.94. The van der Waals surface area contributed by atoms with Crippen molar-refractivity contribution in [1.82, 2.24) is 5.32 Å². The second kappa shape index (κ2) is 3.06. The average Bonchev–Trinajstić information content (AvgIpc) is 1.95. The standard InChI is InChI=1S/C7H11ClN2/c1-5-3-7(9-2)10-4-6(5)8/h4-5H,3H2,1-2H3,(H,9,10). The molecule has 1 N–H and O–H groups in total. The number of nitrogens with zero attached hydrogens (tertiary/aromatic N) is 1. The highest BCUT2D eigenvalue weighted by Crippen LogP contribution is 2.20. The maximum absolute atomic E-state index is 5.83. The van der Waals surface area contributed by atoms with Gasteiger partial charge in [0.15, 0.2) is 0 Å². The molecule has 10 heavy (non-hydrogen) atoms. The van der Waals surface area contributed by atoms with Crippen LogP contribution in [0.3, 0.4) is 0 Å². The van der Waals surface area contributed by atoms with Crippen molar-refractivity contribution in [3.63, 3.8) is 0 Å². The monoisotopic (exact) mass is 158 g/mol. The first-order valence-corrected chi connectivity index (χ1v) is 3.69. The molecule has 1 atom stereocenters. The third-order valence-electron chi connectivity index (χ3n) is 1.62. The van der Waals surface area contributed by atoms with Crippen LogP contribution in [0, 0.1) is 5.92 Å². The summed E-state index contributed by atoms with van der Waals surface area (Å²) in [5.41, 5.74) is 0. The maximum atomic E-state index is 5.83. The molecule has 56 valence electrons. The molecule has 0 aromatic rings. The average molecular weight is 159 g/mol. The van der Waals surface area contributed by atoms with Crippen LogP contribution in [0.25, 0.3) is 0 Å². The zero-order chi connectivity index (χ0) is 7.56. The van der Waals surface area contributed by atoms with Gasteiger partial charge in [-0.1, -0.05) is 18.5 Å². The van der Waals surface area contributed by atoms with Gasteiger partial charge in [-0.05, 0) is 0 Å². The minimum Gasteiger partial charge on any atom is -0.349 e. The fourth-order valence-corrected chi connectivity index (χ4v) is 1.03. The van der Waals surface area contributed by atoms with Crippen LogP contribution in [0.15, 0.2) is 16.2 Å². The van der Waals surface area contributed by atoms with E-state index in [1.54, 1.807) is 13.2 Å². The number of aliphatic imine (C=N–C) groups is 1. The lowest BCUT2D eigenvalue weighted by atomic mass is 10.1. The minimum atomic E-state index is 0.418. The summed E-state index contributed by atoms with van der Waals surface area (Å²) in [5.74, 6) is 1.43. The Hall–Kier alpha value is -0.500. The molecule has 1 aliphatic rings. The fourth-order valence-electron chi connectivity index (χ4n) is 0.897. The van der Waals surface area contributed by atoms with Crippen molar-refractivity contribution in [2.45, 2.75) is 13.3 Å². The van der Waals surface area contributed by atoms with E-state index in [4.69, 9.17) is 11.6 Å². The molecule has 2 nitrogen and oxygen atoms in total. The molecule has 0 bridgehead atoms. The normalized spacial score (nSPS) is 29.7. The zero-order valence-electron chi connectivity index (χ0n) is 6.19. The van der Waals surface area contributed by atoms with Gasteiger partial charge in [0.1, 0.15) is 5.84 Å². The van der Waals surface area contributed by atoms with Crippen LogP contribution < -0.4 is 5.32 Å². The maximum Gasteiger partial charge on any atom is 0.101 e. The topological polar surface area (TPSA) is 24.4 Å². The molecule has 0 saturated heterocycles. The number of nitrogens with one attached hydrogen (secondary N) is 1. The Morgan fingerprint density at radius 2 is 2.50 bits per heavy atom. The quantitative estimate of drug-likeness (QED) is 0.571. The van der Waals surface area contributed by atoms with E-state index in [1.165, 1.54) is 0 Å². The van der Waals surface area contributed by atoms with Gasteiger partial charge in [-0.15, -0.1) is 0 Å². The summed E-state index contributed by atoms with van der Waals surface area (Å²) >= 11 is 5.83. The predicted molar refractivity (Wildman–Crippen MR) is 44.2 cm³/mol. The minimum absolute atomic E-state index is 0.418. The predicted octanol–water partition coefficient (Wildman–Crippen LogP) is 1.72. The summed E-state index contributed by atoms with van der Waals surface area (Å²) in [6.07, 6.45) is 2.73. The second-order valence-corrected chi connectivity index (χ2v) is 2.89. The third kappa shape index (κ3) is 1.51. The summed E-state index contributed by atoms with van der Waals surface area (Å²) in [4.78, 5) is 4.03. The molecule has 0 aromatic carbocycles. The van der Waals surface area contributed by atoms with Crippen molar-refractivity contribution < 1.29 is 0 Å². The highest BCUT2D eigenvalue weighted by atomic mass is 35.5. The Kier molecular flexibility index (Phi) is 2.33. The van der Waals surface area contributed by atoms with Crippen LogP contribution in [0.2, 0.25) is 0 Å². The van der Waals surface area contributed by atoms with E-state index in [1.807, 2.05) is 0 Å². The molecule has 1 unspecified atom stereocenters. The Bertz CT molecular complexity index is 184. The SMILES string of the molecule is CN=C1CC(C)C(Cl)=CN1. The van der Waals surface area contributed by atoms with Gasteiger partial charge in [0, 0.05) is 30.6 Å². The van der Waals surface area contributed by atoms with Crippen molar-refractivity contribution in [2.24, 2.45) is 10.9 Å². The molecule has 0 aromatic heterocycles. The molecular formula is C7H11ClN2. The molecular weight excluding hydrogens is 148 g/mol. The van der Waals surface area contributed by atoms with E-state index in [9.17, 15) is 0 Å². The number of amidine groups is 1. The molecule has 1 aliphatic heterocycles. The van der Waals surface area contributed by atoms with Gasteiger partial charge >= 0.3 is 0 Å². The molecule has 0 aliphatic carbocycles. The number of hydrogen-bond acceptors (Lipinski definition) is 1. The Morgan fingerprint density at radius 3 is 3.00 bits per heavy atom. The van der Waals surface area contributed by atoms with E-state index in [0.717, 1.165) is 17.3 Å². The molecule has 0 saturated carbocycles. The van der Waals surface area contributed by atoms with Crippen LogP contribution in [0.5, 0.6) is 0 Å². The lowest BCUT2D eigenvalue weighted by molar-refractivity contribution is 0.715. The molecule has 0 radical (unpaired) electrons. The molecule has 3 heteroatoms. The van der Waals surface area contributed by atoms with Crippen LogP contribution in [-0.2, 0) is 0 Å². The van der Waals surface area contributed by atoms with Gasteiger partial charge in [0.05, 0.1) is 0 Å². The second-order valence-electron chi connectivity index (χ2n) is 2.45. The van der Waals surface area contributed by atoms with Crippen LogP contribution >= 0.6 is 11.6 Å². The van der Waals surface area contributed by atoms with E-state index < -0.39 is 0 Å². The van der Waals surface area contributed by atoms with Crippen LogP contribution in [0.4, 0.5) is 0 Å². The third-order valence-corrected chi connectivity index (χ3v) is 2.10. The van der Waals surface area contributed by atoms with Gasteiger partial charge in [-0.3, -0.25) is 4.99 Å². The molecule has 0 amide bonds. The molecule has 0 spiro atoms. The summed E-state index contributed by atoms with van der Waals surface area (Å²) < 4.78 is 0. The van der Waals surface area contributed by atoms with Gasteiger partial charge in [0.25, 0.3) is 0 Å². The Morgan fingerprint density at radius 1 is 1.80 bits per heavy atom. The van der Waals surface area contributed by atoms with Gasteiger partial charge in [-0.2, -0.15) is 0 Å². The number of hydrogen-bond donors (Lipinski definition) is 1. The fraction of sp³-hybridized carbons (Fsp3) is 0.571. The van der Waals surface area contributed by atoms with Crippen molar-refractivity contribution in [2.75, 3.05) is 7.05 Å². The molecule has 1 rings (SSSR count). The highest BCUT2D eigenvalue weighted by molar-refractivity contribution is 6.30. The van der Waals surface area contributed by atoms with E-state index in [-0.39, 0.29) is 0 Å². The summed E-state index contributed by atoms with van der Waals surface area (Å²) in [6.45, 7) is 2.09. The lowest BCUT2D eigenvalue weighted by Crippen LogP contribution is -2.25. The molecule has 0 fully saturated rings. The van der Waals surface area contributed by atoms with Gasteiger partial charge < -0.3 is 5.32 Å². The van der Waals surface area contributed by atoms with Gasteiger partial charge in [-0.25, -0.2) is 0 Å². The van der Waals surface area contributed by atoms with E-state index >= 15 is 0 Å². The van der Waals surface area contributed by atoms with Crippen molar-refractivity contribution >= 4 is 17.4 Å². The lowest BCUT2D eigenvalue weighted by Gasteiger charge is -2.17. The Balaban J connectivity index is 2.68. The Labute approximate surface area is 66.0 Å². The van der Waals surface area contributed by atoms with Crippen molar-refractivity contribution in [1.29, 1.82) is 0 Å². The summed E-state index contributed by atoms with van der Waals surface area (Å²) in [7, 11) is 1.78. The highest BCUT2D eigenvalue weighted by Gasteiger charge is 2.13. The summed E-state index contributed by atoms with van der Waals surface area (Å²) in [5, 5.41) is 3.89. The van der Waals surface area contributed by atoms with Crippen molar-refractivity contribution in [3.8, 4) is 0 Å². The molecule has 1 heterocycles. The smallest absolute Gasteiger partial charge is 0.101 e.